The zero-order chi connectivity index (χ0) is 20.1. The van der Waals surface area contributed by atoms with Crippen LogP contribution in [0.15, 0.2) is 0 Å². The van der Waals surface area contributed by atoms with Crippen molar-refractivity contribution in [1.82, 2.24) is 0 Å². The Morgan fingerprint density at radius 3 is 2.57 bits per heavy atom. The Kier molecular flexibility index (Phi) is 2.79. The largest absolute Gasteiger partial charge is 0.459 e. The van der Waals surface area contributed by atoms with Gasteiger partial charge in [0.1, 0.15) is 17.8 Å². The molecule has 2 N–H and O–H groups in total. The summed E-state index contributed by atoms with van der Waals surface area (Å²) in [4.78, 5) is 25.8. The maximum atomic E-state index is 13.3. The molecule has 28 heavy (non-hydrogen) atoms. The minimum atomic E-state index is -1.80. The zero-order valence-electron chi connectivity index (χ0n) is 16.4. The number of aliphatic hydroxyl groups is 2. The Bertz CT molecular complexity index is 820. The number of hydrogen-bond acceptors (Lipinski definition) is 8. The number of hydrogen-bond donors (Lipinski definition) is 2. The first-order chi connectivity index (χ1) is 13.0. The fourth-order valence-corrected chi connectivity index (χ4v) is 8.22. The summed E-state index contributed by atoms with van der Waals surface area (Å²) in [5.74, 6) is -1.63. The molecule has 6 fully saturated rings. The van der Waals surface area contributed by atoms with Gasteiger partial charge in [0.15, 0.2) is 0 Å². The highest BCUT2D eigenvalue weighted by molar-refractivity contribution is 5.90. The number of aliphatic hydroxyl groups excluding tert-OH is 1. The molecule has 8 heteroatoms. The van der Waals surface area contributed by atoms with E-state index in [-0.39, 0.29) is 24.4 Å². The molecule has 6 aliphatic rings. The van der Waals surface area contributed by atoms with Crippen molar-refractivity contribution in [2.24, 2.45) is 28.1 Å². The van der Waals surface area contributed by atoms with Gasteiger partial charge in [-0.2, -0.15) is 0 Å². The molecule has 4 saturated heterocycles. The van der Waals surface area contributed by atoms with Crippen LogP contribution in [-0.2, 0) is 28.5 Å². The van der Waals surface area contributed by atoms with Crippen LogP contribution in [0.3, 0.4) is 0 Å². The third kappa shape index (κ3) is 1.28. The lowest BCUT2D eigenvalue weighted by atomic mass is 9.52. The number of carbonyl (C=O) groups excluding carboxylic acids is 2. The van der Waals surface area contributed by atoms with E-state index >= 15 is 0 Å². The monoisotopic (exact) mass is 394 g/mol. The van der Waals surface area contributed by atoms with Crippen LogP contribution in [0.4, 0.5) is 0 Å². The standard InChI is InChI=1S/C20H26O8/c1-8-7-25-13-12(22)18-10-5-9(16(2,3)4)17(18)6-11(21)27-15(17)28-20(18,14(23)26-10)19(8,13)24/h8-10,12-13,15,22,24H,5-7H2,1-4H3/t8-,9+,10?,12+,13?,15?,17?,18?,19-,20?/m1/s1. The van der Waals surface area contributed by atoms with Crippen LogP contribution in [0.5, 0.6) is 0 Å². The predicted molar refractivity (Wildman–Crippen MR) is 90.5 cm³/mol. The maximum absolute atomic E-state index is 13.3. The van der Waals surface area contributed by atoms with Crippen molar-refractivity contribution in [2.45, 2.75) is 76.3 Å². The summed E-state index contributed by atoms with van der Waals surface area (Å²) in [6, 6.07) is 0. The van der Waals surface area contributed by atoms with Gasteiger partial charge in [-0.05, 0) is 17.8 Å². The average Bonchev–Trinajstić information content (AvgIpc) is 3.30. The summed E-state index contributed by atoms with van der Waals surface area (Å²) >= 11 is 0. The van der Waals surface area contributed by atoms with E-state index in [1.807, 2.05) is 0 Å². The van der Waals surface area contributed by atoms with E-state index < -0.39 is 64.5 Å². The molecule has 2 saturated carbocycles. The minimum absolute atomic E-state index is 0.0305. The molecule has 0 bridgehead atoms. The highest BCUT2D eigenvalue weighted by atomic mass is 16.7. The molecule has 6 rings (SSSR count). The van der Waals surface area contributed by atoms with E-state index in [0.29, 0.717) is 6.42 Å². The van der Waals surface area contributed by atoms with Crippen molar-refractivity contribution in [1.29, 1.82) is 0 Å². The third-order valence-corrected chi connectivity index (χ3v) is 8.92. The molecule has 154 valence electrons. The van der Waals surface area contributed by atoms with Crippen molar-refractivity contribution in [3.05, 3.63) is 0 Å². The topological polar surface area (TPSA) is 112 Å². The quantitative estimate of drug-likeness (QED) is 0.558. The molecule has 10 atom stereocenters. The van der Waals surface area contributed by atoms with Crippen LogP contribution in [0.1, 0.15) is 40.5 Å². The van der Waals surface area contributed by atoms with Gasteiger partial charge in [-0.1, -0.05) is 27.7 Å². The molecule has 0 aromatic heterocycles. The SMILES string of the molecule is C[C@@H]1COC2[C@H](O)C34C5C[C@@H](C(C)(C)C)C36CC(=O)OC6OC4(C(=O)O5)[C@]21O. The normalized spacial score (nSPS) is 61.1. The fourth-order valence-electron chi connectivity index (χ4n) is 8.22. The van der Waals surface area contributed by atoms with Crippen molar-refractivity contribution >= 4 is 11.9 Å². The average molecular weight is 394 g/mol. The second kappa shape index (κ2) is 4.43. The summed E-state index contributed by atoms with van der Waals surface area (Å²) in [6.45, 7) is 8.20. The molecule has 6 unspecified atom stereocenters. The summed E-state index contributed by atoms with van der Waals surface area (Å²) in [6.07, 6.45) is -3.31. The predicted octanol–water partition coefficient (Wildman–Crippen LogP) is 0.133. The molecule has 4 aliphatic heterocycles. The Hall–Kier alpha value is -1.22. The molecule has 2 spiro atoms. The van der Waals surface area contributed by atoms with E-state index in [9.17, 15) is 19.8 Å². The molecule has 0 amide bonds. The van der Waals surface area contributed by atoms with E-state index in [0.717, 1.165) is 0 Å². The molecule has 0 aromatic carbocycles. The number of carbonyl (C=O) groups is 2. The number of esters is 2. The van der Waals surface area contributed by atoms with Crippen LogP contribution in [0, 0.1) is 28.1 Å². The first-order valence-corrected chi connectivity index (χ1v) is 10.1. The van der Waals surface area contributed by atoms with Crippen molar-refractivity contribution in [3.63, 3.8) is 0 Å². The van der Waals surface area contributed by atoms with Crippen molar-refractivity contribution < 1.29 is 38.7 Å². The van der Waals surface area contributed by atoms with E-state index in [1.54, 1.807) is 6.92 Å². The highest BCUT2D eigenvalue weighted by Crippen LogP contribution is 2.84. The lowest BCUT2D eigenvalue weighted by molar-refractivity contribution is -0.239. The van der Waals surface area contributed by atoms with Crippen LogP contribution < -0.4 is 0 Å². The highest BCUT2D eigenvalue weighted by Gasteiger charge is 3.01. The van der Waals surface area contributed by atoms with Gasteiger partial charge in [0.25, 0.3) is 0 Å². The van der Waals surface area contributed by atoms with Crippen molar-refractivity contribution in [3.8, 4) is 0 Å². The Morgan fingerprint density at radius 1 is 1.18 bits per heavy atom. The molecule has 2 aliphatic carbocycles. The Balaban J connectivity index is 1.70. The van der Waals surface area contributed by atoms with Gasteiger partial charge in [-0.3, -0.25) is 4.79 Å². The van der Waals surface area contributed by atoms with Gasteiger partial charge >= 0.3 is 11.9 Å². The Labute approximate surface area is 162 Å². The van der Waals surface area contributed by atoms with Gasteiger partial charge in [-0.15, -0.1) is 0 Å². The lowest BCUT2D eigenvalue weighted by Crippen LogP contribution is -2.65. The zero-order valence-corrected chi connectivity index (χ0v) is 16.4. The number of rotatable bonds is 0. The number of ether oxygens (including phenoxy) is 4. The Morgan fingerprint density at radius 2 is 1.89 bits per heavy atom. The van der Waals surface area contributed by atoms with Crippen LogP contribution >= 0.6 is 0 Å². The molecular formula is C20H26O8. The maximum Gasteiger partial charge on any atom is 0.342 e. The molecule has 4 heterocycles. The van der Waals surface area contributed by atoms with Gasteiger partial charge in [0, 0.05) is 5.92 Å². The van der Waals surface area contributed by atoms with Gasteiger partial charge in [0.05, 0.1) is 30.0 Å². The summed E-state index contributed by atoms with van der Waals surface area (Å²) in [7, 11) is 0. The molecule has 0 aromatic rings. The lowest BCUT2D eigenvalue weighted by Gasteiger charge is -2.46. The van der Waals surface area contributed by atoms with Gasteiger partial charge < -0.3 is 29.2 Å². The van der Waals surface area contributed by atoms with Crippen molar-refractivity contribution in [2.75, 3.05) is 6.61 Å². The first-order valence-electron chi connectivity index (χ1n) is 10.1. The summed E-state index contributed by atoms with van der Waals surface area (Å²) < 4.78 is 23.5. The van der Waals surface area contributed by atoms with Gasteiger partial charge in [0.2, 0.25) is 11.9 Å². The number of fused-ring (bicyclic) bond motifs is 1. The molecule has 8 nitrogen and oxygen atoms in total. The molecule has 0 radical (unpaired) electrons. The summed E-state index contributed by atoms with van der Waals surface area (Å²) in [5, 5.41) is 23.5. The third-order valence-electron chi connectivity index (χ3n) is 8.92. The van der Waals surface area contributed by atoms with E-state index in [2.05, 4.69) is 20.8 Å². The minimum Gasteiger partial charge on any atom is -0.459 e. The van der Waals surface area contributed by atoms with Crippen LogP contribution in [0.2, 0.25) is 0 Å². The second-order valence-electron chi connectivity index (χ2n) is 10.7. The summed E-state index contributed by atoms with van der Waals surface area (Å²) in [5.41, 5.74) is -6.03. The van der Waals surface area contributed by atoms with E-state index in [4.69, 9.17) is 18.9 Å². The van der Waals surface area contributed by atoms with E-state index in [1.165, 1.54) is 0 Å². The molecular weight excluding hydrogens is 368 g/mol. The smallest absolute Gasteiger partial charge is 0.342 e. The second-order valence-corrected chi connectivity index (χ2v) is 10.7. The fraction of sp³-hybridized carbons (Fsp3) is 0.900. The van der Waals surface area contributed by atoms with Crippen LogP contribution in [-0.4, -0.2) is 64.6 Å². The van der Waals surface area contributed by atoms with Crippen LogP contribution in [0.25, 0.3) is 0 Å². The van der Waals surface area contributed by atoms with Gasteiger partial charge in [-0.25, -0.2) is 4.79 Å². The first kappa shape index (κ1) is 17.6.